The number of anilines is 1. The van der Waals surface area contributed by atoms with E-state index in [1.165, 1.54) is 28.7 Å². The van der Waals surface area contributed by atoms with Gasteiger partial charge in [-0.2, -0.15) is 0 Å². The molecule has 0 spiro atoms. The van der Waals surface area contributed by atoms with Crippen LogP contribution in [0.2, 0.25) is 5.02 Å². The van der Waals surface area contributed by atoms with E-state index in [4.69, 9.17) is 16.3 Å². The van der Waals surface area contributed by atoms with Crippen molar-refractivity contribution in [3.05, 3.63) is 58.6 Å². The predicted octanol–water partition coefficient (Wildman–Crippen LogP) is 5.53. The highest BCUT2D eigenvalue weighted by Gasteiger charge is 2.10. The van der Waals surface area contributed by atoms with Crippen LogP contribution in [0.5, 0.6) is 5.75 Å². The quantitative estimate of drug-likeness (QED) is 0.454. The van der Waals surface area contributed by atoms with Crippen LogP contribution in [0.1, 0.15) is 11.1 Å². The molecule has 0 aliphatic rings. The summed E-state index contributed by atoms with van der Waals surface area (Å²) < 4.78 is 6.82. The zero-order valence-electron chi connectivity index (χ0n) is 15.3. The van der Waals surface area contributed by atoms with Gasteiger partial charge < -0.3 is 10.1 Å². The number of carbonyl (C=O) groups excluding carboxylic acids is 1. The van der Waals surface area contributed by atoms with Crippen LogP contribution in [0.25, 0.3) is 0 Å². The Morgan fingerprint density at radius 1 is 1.14 bits per heavy atom. The van der Waals surface area contributed by atoms with E-state index in [0.717, 1.165) is 31.4 Å². The maximum atomic E-state index is 12.2. The van der Waals surface area contributed by atoms with Crippen LogP contribution in [-0.4, -0.2) is 29.0 Å². The zero-order chi connectivity index (χ0) is 19.9. The van der Waals surface area contributed by atoms with Gasteiger partial charge in [0, 0.05) is 16.5 Å². The highest BCUT2D eigenvalue weighted by Crippen LogP contribution is 2.31. The van der Waals surface area contributed by atoms with E-state index in [2.05, 4.69) is 15.5 Å². The normalized spacial score (nSPS) is 10.7. The molecule has 0 radical (unpaired) electrons. The van der Waals surface area contributed by atoms with E-state index in [-0.39, 0.29) is 11.7 Å². The molecule has 0 unspecified atom stereocenters. The number of ether oxygens (including phenoxy) is 1. The Morgan fingerprint density at radius 2 is 1.86 bits per heavy atom. The van der Waals surface area contributed by atoms with Gasteiger partial charge in [-0.3, -0.25) is 4.79 Å². The number of carbonyl (C=O) groups is 1. The lowest BCUT2D eigenvalue weighted by atomic mass is 10.2. The first-order valence-corrected chi connectivity index (χ1v) is 11.5. The van der Waals surface area contributed by atoms with Gasteiger partial charge >= 0.3 is 0 Å². The summed E-state index contributed by atoms with van der Waals surface area (Å²) in [7, 11) is 1.65. The van der Waals surface area contributed by atoms with Crippen molar-refractivity contribution in [3.8, 4) is 5.75 Å². The van der Waals surface area contributed by atoms with Crippen molar-refractivity contribution in [2.45, 2.75) is 21.4 Å². The Balaban J connectivity index is 1.46. The summed E-state index contributed by atoms with van der Waals surface area (Å²) in [5, 5.41) is 11.9. The van der Waals surface area contributed by atoms with Crippen molar-refractivity contribution in [1.29, 1.82) is 0 Å². The first-order valence-electron chi connectivity index (χ1n) is 8.31. The molecule has 1 amide bonds. The second kappa shape index (κ2) is 10.2. The summed E-state index contributed by atoms with van der Waals surface area (Å²) in [5.41, 5.74) is 2.88. The SMILES string of the molecule is COc1ccc(CSc2nnc(SCC(=O)Nc3ccc(Cl)cc3C)s2)cc1. The van der Waals surface area contributed by atoms with Crippen LogP contribution in [0.15, 0.2) is 51.1 Å². The van der Waals surface area contributed by atoms with Crippen LogP contribution in [0.3, 0.4) is 0 Å². The van der Waals surface area contributed by atoms with Crippen molar-refractivity contribution in [2.75, 3.05) is 18.2 Å². The third-order valence-corrected chi connectivity index (χ3v) is 7.19. The highest BCUT2D eigenvalue weighted by molar-refractivity contribution is 8.03. The van der Waals surface area contributed by atoms with Gasteiger partial charge in [0.25, 0.3) is 0 Å². The van der Waals surface area contributed by atoms with Crippen molar-refractivity contribution in [3.63, 3.8) is 0 Å². The molecular formula is C19H18ClN3O2S3. The minimum atomic E-state index is -0.0851. The number of halogens is 1. The average molecular weight is 452 g/mol. The molecule has 5 nitrogen and oxygen atoms in total. The van der Waals surface area contributed by atoms with Crippen LogP contribution in [-0.2, 0) is 10.5 Å². The topological polar surface area (TPSA) is 64.1 Å². The molecule has 3 rings (SSSR count). The second-order valence-electron chi connectivity index (χ2n) is 5.77. The number of hydrogen-bond donors (Lipinski definition) is 1. The largest absolute Gasteiger partial charge is 0.497 e. The molecule has 1 heterocycles. The summed E-state index contributed by atoms with van der Waals surface area (Å²) >= 11 is 10.4. The summed E-state index contributed by atoms with van der Waals surface area (Å²) in [4.78, 5) is 12.2. The highest BCUT2D eigenvalue weighted by atomic mass is 35.5. The van der Waals surface area contributed by atoms with E-state index in [0.29, 0.717) is 5.02 Å². The summed E-state index contributed by atoms with van der Waals surface area (Å²) in [6, 6.07) is 13.3. The maximum Gasteiger partial charge on any atom is 0.234 e. The van der Waals surface area contributed by atoms with Gasteiger partial charge in [-0.25, -0.2) is 0 Å². The lowest BCUT2D eigenvalue weighted by Crippen LogP contribution is -2.14. The van der Waals surface area contributed by atoms with E-state index in [1.807, 2.05) is 37.3 Å². The number of amides is 1. The van der Waals surface area contributed by atoms with Crippen molar-refractivity contribution in [2.24, 2.45) is 0 Å². The Hall–Kier alpha value is -1.74. The lowest BCUT2D eigenvalue weighted by Gasteiger charge is -2.07. The van der Waals surface area contributed by atoms with Crippen LogP contribution in [0.4, 0.5) is 5.69 Å². The molecule has 0 fully saturated rings. The number of aromatic nitrogens is 2. The maximum absolute atomic E-state index is 12.2. The van der Waals surface area contributed by atoms with Crippen LogP contribution < -0.4 is 10.1 Å². The molecule has 0 bridgehead atoms. The Morgan fingerprint density at radius 3 is 2.54 bits per heavy atom. The number of nitrogens with one attached hydrogen (secondary N) is 1. The molecule has 9 heteroatoms. The van der Waals surface area contributed by atoms with Gasteiger partial charge in [0.2, 0.25) is 5.91 Å². The molecule has 0 aliphatic heterocycles. The first kappa shape index (κ1) is 21.0. The van der Waals surface area contributed by atoms with E-state index in [1.54, 1.807) is 31.0 Å². The van der Waals surface area contributed by atoms with Gasteiger partial charge in [-0.05, 0) is 48.4 Å². The predicted molar refractivity (Wildman–Crippen MR) is 118 cm³/mol. The molecule has 0 atom stereocenters. The zero-order valence-corrected chi connectivity index (χ0v) is 18.5. The fourth-order valence-electron chi connectivity index (χ4n) is 2.26. The third kappa shape index (κ3) is 6.13. The van der Waals surface area contributed by atoms with Gasteiger partial charge in [-0.15, -0.1) is 10.2 Å². The number of rotatable bonds is 8. The minimum absolute atomic E-state index is 0.0851. The smallest absolute Gasteiger partial charge is 0.234 e. The molecule has 0 saturated carbocycles. The van der Waals surface area contributed by atoms with Gasteiger partial charge in [0.15, 0.2) is 8.68 Å². The molecule has 2 aromatic carbocycles. The Labute approximate surface area is 181 Å². The van der Waals surface area contributed by atoms with Crippen molar-refractivity contribution >= 4 is 58.1 Å². The fraction of sp³-hybridized carbons (Fsp3) is 0.211. The molecule has 3 aromatic rings. The summed E-state index contributed by atoms with van der Waals surface area (Å²) in [5.74, 6) is 1.84. The fourth-order valence-corrected chi connectivity index (χ4v) is 5.26. The standard InChI is InChI=1S/C19H18ClN3O2S3/c1-12-9-14(20)5-8-16(12)21-17(24)11-27-19-23-22-18(28-19)26-10-13-3-6-15(25-2)7-4-13/h3-9H,10-11H2,1-2H3,(H,21,24). The van der Waals surface area contributed by atoms with Crippen molar-refractivity contribution < 1.29 is 9.53 Å². The monoisotopic (exact) mass is 451 g/mol. The summed E-state index contributed by atoms with van der Waals surface area (Å²) in [6.45, 7) is 1.91. The molecule has 146 valence electrons. The number of methoxy groups -OCH3 is 1. The summed E-state index contributed by atoms with van der Waals surface area (Å²) in [6.07, 6.45) is 0. The first-order chi connectivity index (χ1) is 13.5. The van der Waals surface area contributed by atoms with Gasteiger partial charge in [0.05, 0.1) is 12.9 Å². The Kier molecular flexibility index (Phi) is 7.61. The molecule has 1 aromatic heterocycles. The molecule has 0 aliphatic carbocycles. The molecule has 1 N–H and O–H groups in total. The molecular weight excluding hydrogens is 434 g/mol. The van der Waals surface area contributed by atoms with Crippen LogP contribution >= 0.6 is 46.5 Å². The number of hydrogen-bond acceptors (Lipinski definition) is 7. The minimum Gasteiger partial charge on any atom is -0.497 e. The van der Waals surface area contributed by atoms with Crippen LogP contribution in [0, 0.1) is 6.92 Å². The second-order valence-corrected chi connectivity index (χ2v) is 9.63. The average Bonchev–Trinajstić information content (AvgIpc) is 3.15. The van der Waals surface area contributed by atoms with E-state index >= 15 is 0 Å². The number of nitrogens with zero attached hydrogens (tertiary/aromatic N) is 2. The number of aryl methyl sites for hydroxylation is 1. The van der Waals surface area contributed by atoms with Crippen molar-refractivity contribution in [1.82, 2.24) is 10.2 Å². The van der Waals surface area contributed by atoms with Gasteiger partial charge in [-0.1, -0.05) is 58.6 Å². The lowest BCUT2D eigenvalue weighted by molar-refractivity contribution is -0.113. The van der Waals surface area contributed by atoms with E-state index < -0.39 is 0 Å². The molecule has 28 heavy (non-hydrogen) atoms. The Bertz CT molecular complexity index is 948. The van der Waals surface area contributed by atoms with Gasteiger partial charge in [0.1, 0.15) is 5.75 Å². The van der Waals surface area contributed by atoms with E-state index in [9.17, 15) is 4.79 Å². The number of thioether (sulfide) groups is 2. The molecule has 0 saturated heterocycles. The third-order valence-electron chi connectivity index (χ3n) is 3.70. The number of benzene rings is 2.